The third-order valence-corrected chi connectivity index (χ3v) is 4.84. The molecule has 9 heteroatoms. The monoisotopic (exact) mass is 350 g/mol. The van der Waals surface area contributed by atoms with E-state index in [4.69, 9.17) is 4.18 Å². The summed E-state index contributed by atoms with van der Waals surface area (Å²) >= 11 is 0.812. The van der Waals surface area contributed by atoms with E-state index in [1.54, 1.807) is 0 Å². The topological polar surface area (TPSA) is 43.8 Å². The maximum absolute atomic E-state index is 12.6. The molecule has 0 aromatic carbocycles. The van der Waals surface area contributed by atoms with E-state index in [1.807, 2.05) is 0 Å². The number of rotatable bonds is 5. The molecular weight excluding hydrogens is 333 g/mol. The van der Waals surface area contributed by atoms with Gasteiger partial charge >= 0.3 is 6.18 Å². The maximum Gasteiger partial charge on any atom is 0.417 e. The van der Waals surface area contributed by atoms with Crippen molar-refractivity contribution in [3.8, 4) is 0 Å². The molecule has 0 spiro atoms. The molecule has 0 unspecified atom stereocenters. The molecule has 2 bridgehead atoms. The van der Waals surface area contributed by atoms with Crippen LogP contribution in [0.3, 0.4) is 0 Å². The fourth-order valence-electron chi connectivity index (χ4n) is 3.39. The van der Waals surface area contributed by atoms with Crippen molar-refractivity contribution in [1.29, 1.82) is 0 Å². The van der Waals surface area contributed by atoms with Crippen LogP contribution in [0, 0.1) is 0 Å². The Morgan fingerprint density at radius 2 is 1.91 bits per heavy atom. The van der Waals surface area contributed by atoms with Gasteiger partial charge in [0, 0.05) is 18.3 Å². The van der Waals surface area contributed by atoms with E-state index in [-0.39, 0.29) is 18.2 Å². The summed E-state index contributed by atoms with van der Waals surface area (Å²) in [4.78, 5) is 10.6. The number of alkyl halides is 3. The highest BCUT2D eigenvalue weighted by Crippen LogP contribution is 2.41. The van der Waals surface area contributed by atoms with Gasteiger partial charge in [-0.1, -0.05) is 0 Å². The third kappa shape index (κ3) is 3.73. The lowest BCUT2D eigenvalue weighted by atomic mass is 10.00. The molecule has 2 fully saturated rings. The normalized spacial score (nSPS) is 27.5. The lowest BCUT2D eigenvalue weighted by molar-refractivity contribution is -0.168. The van der Waals surface area contributed by atoms with E-state index >= 15 is 0 Å². The van der Waals surface area contributed by atoms with Gasteiger partial charge in [-0.15, -0.1) is 4.33 Å². The minimum atomic E-state index is -4.36. The number of aromatic nitrogens is 1. The Balaban J connectivity index is 1.66. The molecular formula is C14H17F3N2O3S. The van der Waals surface area contributed by atoms with E-state index in [0.717, 1.165) is 50.3 Å². The van der Waals surface area contributed by atoms with Gasteiger partial charge in [-0.2, -0.15) is 13.2 Å². The molecule has 1 aromatic heterocycles. The number of anilines is 1. The number of piperidine rings is 1. The summed E-state index contributed by atoms with van der Waals surface area (Å²) in [5.41, 5.74) is -0.722. The predicted molar refractivity (Wildman–Crippen MR) is 78.3 cm³/mol. The number of halogens is 3. The first kappa shape index (κ1) is 16.8. The Labute approximate surface area is 136 Å². The summed E-state index contributed by atoms with van der Waals surface area (Å²) in [5.74, 6) is 0.602. The summed E-state index contributed by atoms with van der Waals surface area (Å²) in [6.45, 7) is 0. The van der Waals surface area contributed by atoms with E-state index in [0.29, 0.717) is 5.82 Å². The van der Waals surface area contributed by atoms with Crippen molar-refractivity contribution >= 4 is 18.1 Å². The molecule has 0 aliphatic carbocycles. The molecule has 5 nitrogen and oxygen atoms in total. The Hall–Kier alpha value is -1.03. The van der Waals surface area contributed by atoms with E-state index in [2.05, 4.69) is 19.1 Å². The standard InChI is InChI=1S/C14H17F3N2O3S/c1-20-22-23-21-12-6-10-3-4-11(7-12)19(10)13-5-2-9(8-18-13)14(15,16)17/h2,5,8,10-12H,3-4,6-7H2,1H3/t10-,11+,12+. The van der Waals surface area contributed by atoms with Crippen LogP contribution < -0.4 is 4.90 Å². The van der Waals surface area contributed by atoms with E-state index < -0.39 is 11.7 Å². The Morgan fingerprint density at radius 3 is 2.43 bits per heavy atom. The van der Waals surface area contributed by atoms with E-state index in [9.17, 15) is 13.2 Å². The molecule has 1 aromatic rings. The first-order valence-corrected chi connectivity index (χ1v) is 8.00. The van der Waals surface area contributed by atoms with Crippen molar-refractivity contribution in [3.63, 3.8) is 0 Å². The van der Waals surface area contributed by atoms with Gasteiger partial charge in [-0.3, -0.25) is 4.18 Å². The molecule has 0 saturated carbocycles. The Morgan fingerprint density at radius 1 is 1.22 bits per heavy atom. The van der Waals surface area contributed by atoms with Gasteiger partial charge in [0.15, 0.2) is 12.3 Å². The Kier molecular flexibility index (Phi) is 5.00. The minimum absolute atomic E-state index is 0.0401. The molecule has 2 aliphatic rings. The fraction of sp³-hybridized carbons (Fsp3) is 0.643. The lowest BCUT2D eigenvalue weighted by Gasteiger charge is -2.39. The maximum atomic E-state index is 12.6. The number of fused-ring (bicyclic) bond motifs is 2. The minimum Gasteiger partial charge on any atom is -0.350 e. The van der Waals surface area contributed by atoms with Crippen LogP contribution in [0.2, 0.25) is 0 Å². The highest BCUT2D eigenvalue weighted by Gasteiger charge is 2.42. The van der Waals surface area contributed by atoms with Gasteiger partial charge in [0.25, 0.3) is 0 Å². The number of hydrogen-bond donors (Lipinski definition) is 0. The molecule has 23 heavy (non-hydrogen) atoms. The first-order valence-electron chi connectivity index (χ1n) is 7.33. The molecule has 0 amide bonds. The van der Waals surface area contributed by atoms with Crippen LogP contribution in [-0.4, -0.2) is 30.3 Å². The number of pyridine rings is 1. The first-order chi connectivity index (χ1) is 11.0. The molecule has 2 aliphatic heterocycles. The smallest absolute Gasteiger partial charge is 0.350 e. The van der Waals surface area contributed by atoms with Gasteiger partial charge in [0.2, 0.25) is 0 Å². The number of hydrogen-bond acceptors (Lipinski definition) is 6. The van der Waals surface area contributed by atoms with Crippen molar-refractivity contribution in [3.05, 3.63) is 23.9 Å². The van der Waals surface area contributed by atoms with Gasteiger partial charge in [0.05, 0.1) is 18.8 Å². The molecule has 0 N–H and O–H groups in total. The largest absolute Gasteiger partial charge is 0.417 e. The zero-order valence-corrected chi connectivity index (χ0v) is 13.3. The average Bonchev–Trinajstić information content (AvgIpc) is 2.78. The molecule has 0 radical (unpaired) electrons. The van der Waals surface area contributed by atoms with Crippen LogP contribution in [0.1, 0.15) is 31.2 Å². The van der Waals surface area contributed by atoms with Crippen LogP contribution in [0.25, 0.3) is 0 Å². The van der Waals surface area contributed by atoms with Gasteiger partial charge in [0.1, 0.15) is 5.82 Å². The molecule has 3 rings (SSSR count). The highest BCUT2D eigenvalue weighted by atomic mass is 32.2. The Bertz CT molecular complexity index is 515. The zero-order chi connectivity index (χ0) is 16.4. The van der Waals surface area contributed by atoms with Crippen molar-refractivity contribution in [2.45, 2.75) is 50.0 Å². The second kappa shape index (κ2) is 6.84. The van der Waals surface area contributed by atoms with Crippen molar-refractivity contribution < 1.29 is 26.6 Å². The van der Waals surface area contributed by atoms with Crippen LogP contribution in [-0.2, 0) is 19.6 Å². The van der Waals surface area contributed by atoms with Gasteiger partial charge < -0.3 is 4.90 Å². The van der Waals surface area contributed by atoms with Crippen LogP contribution in [0.5, 0.6) is 0 Å². The summed E-state index contributed by atoms with van der Waals surface area (Å²) in [7, 11) is 1.40. The van der Waals surface area contributed by atoms with Gasteiger partial charge in [-0.05, 0) is 37.8 Å². The van der Waals surface area contributed by atoms with Crippen molar-refractivity contribution in [2.24, 2.45) is 0 Å². The van der Waals surface area contributed by atoms with Crippen LogP contribution in [0.15, 0.2) is 18.3 Å². The molecule has 128 valence electrons. The van der Waals surface area contributed by atoms with Crippen molar-refractivity contribution in [1.82, 2.24) is 4.98 Å². The highest BCUT2D eigenvalue weighted by molar-refractivity contribution is 7.89. The van der Waals surface area contributed by atoms with E-state index in [1.165, 1.54) is 13.2 Å². The predicted octanol–water partition coefficient (Wildman–Crippen LogP) is 3.76. The summed E-state index contributed by atoms with van der Waals surface area (Å²) in [5, 5.41) is 0. The number of nitrogens with zero attached hydrogens (tertiary/aromatic N) is 2. The second-order valence-corrected chi connectivity index (χ2v) is 6.15. The lowest BCUT2D eigenvalue weighted by Crippen LogP contribution is -2.45. The molecule has 2 saturated heterocycles. The van der Waals surface area contributed by atoms with Crippen LogP contribution >= 0.6 is 12.3 Å². The summed E-state index contributed by atoms with van der Waals surface area (Å²) in [6, 6.07) is 3.00. The van der Waals surface area contributed by atoms with Gasteiger partial charge in [-0.25, -0.2) is 9.87 Å². The van der Waals surface area contributed by atoms with Crippen molar-refractivity contribution in [2.75, 3.05) is 12.0 Å². The average molecular weight is 350 g/mol. The quantitative estimate of drug-likeness (QED) is 0.349. The molecule has 3 heterocycles. The fourth-order valence-corrected chi connectivity index (χ4v) is 3.74. The zero-order valence-electron chi connectivity index (χ0n) is 12.5. The molecule has 3 atom stereocenters. The summed E-state index contributed by atoms with van der Waals surface area (Å²) < 4.78 is 48.1. The SMILES string of the molecule is COOSO[C@H]1C[C@H]2CC[C@@H](C1)N2c1ccc(C(F)(F)F)cn1. The summed E-state index contributed by atoms with van der Waals surface area (Å²) in [6.07, 6.45) is 0.145. The second-order valence-electron chi connectivity index (χ2n) is 5.69. The third-order valence-electron chi connectivity index (χ3n) is 4.30. The van der Waals surface area contributed by atoms with Crippen LogP contribution in [0.4, 0.5) is 19.0 Å².